The highest BCUT2D eigenvalue weighted by atomic mass is 127. The van der Waals surface area contributed by atoms with Crippen molar-refractivity contribution in [3.63, 3.8) is 0 Å². The molecule has 0 heterocycles. The van der Waals surface area contributed by atoms with Gasteiger partial charge < -0.3 is 10.6 Å². The maximum Gasteiger partial charge on any atom is 0.191 e. The van der Waals surface area contributed by atoms with Crippen LogP contribution in [0.4, 0.5) is 0 Å². The summed E-state index contributed by atoms with van der Waals surface area (Å²) < 4.78 is 0. The topological polar surface area (TPSA) is 39.7 Å². The molecule has 2 N–H and O–H groups in total. The van der Waals surface area contributed by atoms with Crippen molar-refractivity contribution in [3.8, 4) is 0 Å². The zero-order valence-corrected chi connectivity index (χ0v) is 15.9. The first-order valence-corrected chi connectivity index (χ1v) is 7.93. The van der Waals surface area contributed by atoms with E-state index in [0.29, 0.717) is 6.04 Å². The molecule has 0 aromatic rings. The van der Waals surface area contributed by atoms with E-state index in [9.17, 15) is 0 Å². The molecule has 0 aliphatic heterocycles. The van der Waals surface area contributed by atoms with E-state index in [4.69, 9.17) is 4.99 Å². The Labute approximate surface area is 142 Å². The molecule has 0 saturated heterocycles. The molecular formula is C15H33IN4. The second-order valence-electron chi connectivity index (χ2n) is 5.60. The standard InChI is InChI=1S/C15H32N4.HI/c1-5-7-8-11-17-15(16-6-2)18-12-13(3)19(4)14-9-10-14;/h13-14H,5-12H2,1-4H3,(H2,16,17,18);1H. The maximum atomic E-state index is 4.70. The summed E-state index contributed by atoms with van der Waals surface area (Å²) in [4.78, 5) is 7.16. The molecule has 4 nitrogen and oxygen atoms in total. The van der Waals surface area contributed by atoms with Gasteiger partial charge in [0.15, 0.2) is 5.96 Å². The molecule has 1 aliphatic rings. The van der Waals surface area contributed by atoms with Crippen LogP contribution in [-0.4, -0.2) is 49.6 Å². The predicted octanol–water partition coefficient (Wildman–Crippen LogP) is 2.83. The van der Waals surface area contributed by atoms with Crippen molar-refractivity contribution >= 4 is 29.9 Å². The average Bonchev–Trinajstić information content (AvgIpc) is 3.24. The van der Waals surface area contributed by atoms with E-state index in [1.165, 1.54) is 32.1 Å². The number of aliphatic imine (C=N–C) groups is 1. The molecule has 1 aliphatic carbocycles. The number of hydrogen-bond acceptors (Lipinski definition) is 2. The first kappa shape index (κ1) is 20.0. The fraction of sp³-hybridized carbons (Fsp3) is 0.933. The summed E-state index contributed by atoms with van der Waals surface area (Å²) in [6, 6.07) is 1.34. The third-order valence-corrected chi connectivity index (χ3v) is 3.75. The highest BCUT2D eigenvalue weighted by Gasteiger charge is 2.28. The fourth-order valence-corrected chi connectivity index (χ4v) is 2.12. The Morgan fingerprint density at radius 3 is 2.50 bits per heavy atom. The molecule has 1 rings (SSSR count). The lowest BCUT2D eigenvalue weighted by Gasteiger charge is -2.23. The van der Waals surface area contributed by atoms with Gasteiger partial charge in [0.2, 0.25) is 0 Å². The maximum absolute atomic E-state index is 4.70. The van der Waals surface area contributed by atoms with Gasteiger partial charge in [0.1, 0.15) is 0 Å². The molecule has 1 unspecified atom stereocenters. The van der Waals surface area contributed by atoms with Gasteiger partial charge in [0, 0.05) is 25.2 Å². The summed E-state index contributed by atoms with van der Waals surface area (Å²) in [5, 5.41) is 6.73. The van der Waals surface area contributed by atoms with Crippen molar-refractivity contribution in [2.75, 3.05) is 26.7 Å². The summed E-state index contributed by atoms with van der Waals surface area (Å²) in [6.45, 7) is 9.43. The highest BCUT2D eigenvalue weighted by molar-refractivity contribution is 14.0. The van der Waals surface area contributed by atoms with Gasteiger partial charge in [0.05, 0.1) is 6.54 Å². The van der Waals surface area contributed by atoms with E-state index < -0.39 is 0 Å². The van der Waals surface area contributed by atoms with E-state index >= 15 is 0 Å². The highest BCUT2D eigenvalue weighted by Crippen LogP contribution is 2.26. The SMILES string of the molecule is CCCCCNC(=NCC(C)N(C)C1CC1)NCC.I. The fourth-order valence-electron chi connectivity index (χ4n) is 2.12. The Kier molecular flexibility index (Phi) is 11.6. The molecule has 0 amide bonds. The van der Waals surface area contributed by atoms with Crippen LogP contribution in [0.2, 0.25) is 0 Å². The van der Waals surface area contributed by atoms with E-state index in [1.807, 2.05) is 0 Å². The van der Waals surface area contributed by atoms with Crippen molar-refractivity contribution in [2.24, 2.45) is 4.99 Å². The number of rotatable bonds is 9. The number of likely N-dealkylation sites (N-methyl/N-ethyl adjacent to an activating group) is 1. The zero-order valence-electron chi connectivity index (χ0n) is 13.6. The molecule has 0 aromatic carbocycles. The van der Waals surface area contributed by atoms with Gasteiger partial charge in [-0.2, -0.15) is 0 Å². The molecular weight excluding hydrogens is 363 g/mol. The number of unbranched alkanes of at least 4 members (excludes halogenated alkanes) is 2. The van der Waals surface area contributed by atoms with Crippen LogP contribution in [0.25, 0.3) is 0 Å². The van der Waals surface area contributed by atoms with Gasteiger partial charge in [-0.3, -0.25) is 9.89 Å². The van der Waals surface area contributed by atoms with Gasteiger partial charge in [-0.05, 0) is 40.2 Å². The lowest BCUT2D eigenvalue weighted by atomic mass is 10.2. The van der Waals surface area contributed by atoms with Crippen molar-refractivity contribution in [1.82, 2.24) is 15.5 Å². The van der Waals surface area contributed by atoms with Crippen LogP contribution in [0.15, 0.2) is 4.99 Å². The predicted molar refractivity (Wildman–Crippen MR) is 99.2 cm³/mol. The van der Waals surface area contributed by atoms with E-state index in [2.05, 4.69) is 43.4 Å². The molecule has 120 valence electrons. The van der Waals surface area contributed by atoms with Crippen molar-refractivity contribution in [3.05, 3.63) is 0 Å². The van der Waals surface area contributed by atoms with Crippen LogP contribution >= 0.6 is 24.0 Å². The van der Waals surface area contributed by atoms with Crippen LogP contribution < -0.4 is 10.6 Å². The third kappa shape index (κ3) is 8.29. The smallest absolute Gasteiger partial charge is 0.191 e. The van der Waals surface area contributed by atoms with E-state index in [0.717, 1.165) is 31.6 Å². The number of nitrogens with one attached hydrogen (secondary N) is 2. The third-order valence-electron chi connectivity index (χ3n) is 3.75. The molecule has 20 heavy (non-hydrogen) atoms. The van der Waals surface area contributed by atoms with Gasteiger partial charge in [-0.1, -0.05) is 19.8 Å². The summed E-state index contributed by atoms with van der Waals surface area (Å²) in [5.41, 5.74) is 0. The summed E-state index contributed by atoms with van der Waals surface area (Å²) in [6.07, 6.45) is 6.49. The number of hydrogen-bond donors (Lipinski definition) is 2. The van der Waals surface area contributed by atoms with Crippen LogP contribution in [0.3, 0.4) is 0 Å². The van der Waals surface area contributed by atoms with Crippen LogP contribution in [0, 0.1) is 0 Å². The molecule has 0 aromatic heterocycles. The van der Waals surface area contributed by atoms with Crippen LogP contribution in [0.5, 0.6) is 0 Å². The normalized spacial score (nSPS) is 16.8. The lowest BCUT2D eigenvalue weighted by molar-refractivity contribution is 0.253. The Hall–Kier alpha value is -0.0400. The molecule has 0 radical (unpaired) electrons. The second-order valence-corrected chi connectivity index (χ2v) is 5.60. The summed E-state index contributed by atoms with van der Waals surface area (Å²) in [5.74, 6) is 0.967. The Bertz CT molecular complexity index is 267. The minimum Gasteiger partial charge on any atom is -0.357 e. The Balaban J connectivity index is 0.00000361. The molecule has 0 spiro atoms. The van der Waals surface area contributed by atoms with E-state index in [1.54, 1.807) is 0 Å². The lowest BCUT2D eigenvalue weighted by Crippen LogP contribution is -2.40. The minimum atomic E-state index is 0. The first-order chi connectivity index (χ1) is 9.19. The summed E-state index contributed by atoms with van der Waals surface area (Å²) >= 11 is 0. The number of nitrogens with zero attached hydrogens (tertiary/aromatic N) is 2. The molecule has 5 heteroatoms. The summed E-state index contributed by atoms with van der Waals surface area (Å²) in [7, 11) is 2.22. The molecule has 1 atom stereocenters. The Morgan fingerprint density at radius 2 is 1.95 bits per heavy atom. The Morgan fingerprint density at radius 1 is 1.25 bits per heavy atom. The first-order valence-electron chi connectivity index (χ1n) is 7.93. The average molecular weight is 396 g/mol. The van der Waals surface area contributed by atoms with Crippen molar-refractivity contribution in [1.29, 1.82) is 0 Å². The quantitative estimate of drug-likeness (QED) is 0.273. The molecule has 0 bridgehead atoms. The van der Waals surface area contributed by atoms with Gasteiger partial charge in [-0.25, -0.2) is 0 Å². The second kappa shape index (κ2) is 11.6. The van der Waals surface area contributed by atoms with Gasteiger partial charge >= 0.3 is 0 Å². The zero-order chi connectivity index (χ0) is 14.1. The van der Waals surface area contributed by atoms with Gasteiger partial charge in [-0.15, -0.1) is 24.0 Å². The van der Waals surface area contributed by atoms with Gasteiger partial charge in [0.25, 0.3) is 0 Å². The van der Waals surface area contributed by atoms with Crippen LogP contribution in [-0.2, 0) is 0 Å². The largest absolute Gasteiger partial charge is 0.357 e. The van der Waals surface area contributed by atoms with E-state index in [-0.39, 0.29) is 24.0 Å². The van der Waals surface area contributed by atoms with Crippen LogP contribution in [0.1, 0.15) is 52.9 Å². The molecule has 1 saturated carbocycles. The minimum absolute atomic E-state index is 0. The monoisotopic (exact) mass is 396 g/mol. The number of halogens is 1. The van der Waals surface area contributed by atoms with Crippen molar-refractivity contribution < 1.29 is 0 Å². The number of guanidine groups is 1. The van der Waals surface area contributed by atoms with Crippen molar-refractivity contribution in [2.45, 2.75) is 65.0 Å². The molecule has 1 fully saturated rings.